The van der Waals surface area contributed by atoms with E-state index in [-0.39, 0.29) is 12.2 Å². The van der Waals surface area contributed by atoms with Gasteiger partial charge in [0.2, 0.25) is 0 Å². The van der Waals surface area contributed by atoms with Crippen molar-refractivity contribution < 1.29 is 35.9 Å². The van der Waals surface area contributed by atoms with E-state index in [1.165, 1.54) is 7.11 Å². The van der Waals surface area contributed by atoms with Crippen LogP contribution in [0.3, 0.4) is 0 Å². The van der Waals surface area contributed by atoms with Gasteiger partial charge in [0.1, 0.15) is 6.61 Å². The van der Waals surface area contributed by atoms with E-state index in [1.54, 1.807) is 0 Å². The lowest BCUT2D eigenvalue weighted by atomic mass is 10.1. The average molecular weight is 318 g/mol. The summed E-state index contributed by atoms with van der Waals surface area (Å²) in [5.41, 5.74) is -0.601. The van der Waals surface area contributed by atoms with Gasteiger partial charge in [-0.05, 0) is 18.3 Å². The number of alkyl halides is 3. The van der Waals surface area contributed by atoms with Crippen LogP contribution in [0.1, 0.15) is 19.3 Å². The molecule has 0 atom stereocenters. The molecule has 1 fully saturated rings. The number of methoxy groups -OCH3 is 1. The normalized spacial score (nSPS) is 17.8. The van der Waals surface area contributed by atoms with Crippen LogP contribution in [0.15, 0.2) is 0 Å². The van der Waals surface area contributed by atoms with Crippen molar-refractivity contribution in [2.24, 2.45) is 5.41 Å². The van der Waals surface area contributed by atoms with Gasteiger partial charge in [-0.15, -0.1) is 0 Å². The highest BCUT2D eigenvalue weighted by Gasteiger charge is 2.47. The van der Waals surface area contributed by atoms with E-state index in [0.29, 0.717) is 12.8 Å². The molecule has 0 heterocycles. The maximum Gasteiger partial charge on any atom is 0.411 e. The maximum absolute atomic E-state index is 11.8. The van der Waals surface area contributed by atoms with Crippen molar-refractivity contribution in [3.05, 3.63) is 0 Å². The number of hydrogen-bond acceptors (Lipinski definition) is 5. The Kier molecular flexibility index (Phi) is 5.42. The summed E-state index contributed by atoms with van der Waals surface area (Å²) in [6.07, 6.45) is -3.24. The van der Waals surface area contributed by atoms with Crippen LogP contribution in [0, 0.1) is 5.41 Å². The summed E-state index contributed by atoms with van der Waals surface area (Å²) in [7, 11) is -2.33. The van der Waals surface area contributed by atoms with Crippen LogP contribution < -0.4 is 0 Å². The van der Waals surface area contributed by atoms with Gasteiger partial charge in [0, 0.05) is 0 Å². The Morgan fingerprint density at radius 3 is 2.35 bits per heavy atom. The van der Waals surface area contributed by atoms with E-state index >= 15 is 0 Å². The SMILES string of the molecule is COC(=O)CC1(CS(=O)(=O)CCOCC(F)(F)F)CC1. The monoisotopic (exact) mass is 318 g/mol. The van der Waals surface area contributed by atoms with Crippen molar-refractivity contribution in [3.8, 4) is 0 Å². The zero-order valence-corrected chi connectivity index (χ0v) is 11.8. The molecule has 0 aliphatic heterocycles. The molecule has 0 radical (unpaired) electrons. The summed E-state index contributed by atoms with van der Waals surface area (Å²) in [4.78, 5) is 11.2. The zero-order valence-electron chi connectivity index (χ0n) is 11.0. The molecular weight excluding hydrogens is 301 g/mol. The second-order valence-corrected chi connectivity index (χ2v) is 7.20. The van der Waals surface area contributed by atoms with Crippen molar-refractivity contribution in [2.45, 2.75) is 25.4 Å². The van der Waals surface area contributed by atoms with Crippen LogP contribution in [0.4, 0.5) is 13.2 Å². The molecule has 0 N–H and O–H groups in total. The van der Waals surface area contributed by atoms with Crippen LogP contribution in [0.5, 0.6) is 0 Å². The first-order chi connectivity index (χ1) is 9.08. The third-order valence-corrected chi connectivity index (χ3v) is 4.88. The molecule has 0 unspecified atom stereocenters. The lowest BCUT2D eigenvalue weighted by Crippen LogP contribution is -2.26. The molecule has 118 valence electrons. The molecule has 1 saturated carbocycles. The predicted molar refractivity (Wildman–Crippen MR) is 63.8 cm³/mol. The molecule has 0 spiro atoms. The van der Waals surface area contributed by atoms with Crippen molar-refractivity contribution in [3.63, 3.8) is 0 Å². The van der Waals surface area contributed by atoms with Gasteiger partial charge in [0.25, 0.3) is 0 Å². The zero-order chi connectivity index (χ0) is 15.4. The predicted octanol–water partition coefficient (Wildman–Crippen LogP) is 1.32. The average Bonchev–Trinajstić information content (AvgIpc) is 3.02. The van der Waals surface area contributed by atoms with E-state index in [9.17, 15) is 26.4 Å². The molecule has 9 heteroatoms. The molecule has 1 rings (SSSR count). The summed E-state index contributed by atoms with van der Waals surface area (Å²) in [5, 5.41) is 0. The van der Waals surface area contributed by atoms with E-state index in [2.05, 4.69) is 9.47 Å². The van der Waals surface area contributed by atoms with Gasteiger partial charge in [0.15, 0.2) is 9.84 Å². The largest absolute Gasteiger partial charge is 0.469 e. The Morgan fingerprint density at radius 1 is 1.30 bits per heavy atom. The highest BCUT2D eigenvalue weighted by atomic mass is 32.2. The second kappa shape index (κ2) is 6.30. The smallest absolute Gasteiger partial charge is 0.411 e. The van der Waals surface area contributed by atoms with Crippen LogP contribution in [0.25, 0.3) is 0 Å². The Bertz CT molecular complexity index is 439. The molecular formula is C11H17F3O5S. The summed E-state index contributed by atoms with van der Waals surface area (Å²) in [6.45, 7) is -1.97. The van der Waals surface area contributed by atoms with Gasteiger partial charge in [0.05, 0.1) is 31.6 Å². The quantitative estimate of drug-likeness (QED) is 0.499. The second-order valence-electron chi connectivity index (χ2n) is 5.01. The summed E-state index contributed by atoms with van der Waals surface area (Å²) in [6, 6.07) is 0. The van der Waals surface area contributed by atoms with Crippen LogP contribution in [-0.4, -0.2) is 52.4 Å². The Hall–Kier alpha value is -0.830. The molecule has 0 aromatic heterocycles. The topological polar surface area (TPSA) is 69.7 Å². The molecule has 0 saturated heterocycles. The number of rotatable bonds is 8. The minimum Gasteiger partial charge on any atom is -0.469 e. The van der Waals surface area contributed by atoms with E-state index < -0.39 is 46.4 Å². The third kappa shape index (κ3) is 6.56. The van der Waals surface area contributed by atoms with Gasteiger partial charge >= 0.3 is 12.1 Å². The minimum absolute atomic E-state index is 0.0200. The number of halogens is 3. The number of ether oxygens (including phenoxy) is 2. The first-order valence-corrected chi connectivity index (χ1v) is 7.81. The van der Waals surface area contributed by atoms with Crippen molar-refractivity contribution in [2.75, 3.05) is 31.8 Å². The third-order valence-electron chi connectivity index (χ3n) is 3.03. The number of carbonyl (C=O) groups excluding carboxylic acids is 1. The minimum atomic E-state index is -4.47. The Morgan fingerprint density at radius 2 is 1.90 bits per heavy atom. The van der Waals surface area contributed by atoms with Crippen molar-refractivity contribution in [1.82, 2.24) is 0 Å². The van der Waals surface area contributed by atoms with E-state index in [0.717, 1.165) is 0 Å². The molecule has 0 bridgehead atoms. The lowest BCUT2D eigenvalue weighted by molar-refractivity contribution is -0.172. The van der Waals surface area contributed by atoms with Crippen LogP contribution >= 0.6 is 0 Å². The number of hydrogen-bond donors (Lipinski definition) is 0. The fraction of sp³-hybridized carbons (Fsp3) is 0.909. The Balaban J connectivity index is 2.37. The van der Waals surface area contributed by atoms with Crippen molar-refractivity contribution in [1.29, 1.82) is 0 Å². The first kappa shape index (κ1) is 17.2. The van der Waals surface area contributed by atoms with Gasteiger partial charge < -0.3 is 9.47 Å². The van der Waals surface area contributed by atoms with Gasteiger partial charge in [-0.3, -0.25) is 4.79 Å². The summed E-state index contributed by atoms with van der Waals surface area (Å²) < 4.78 is 67.7. The highest BCUT2D eigenvalue weighted by molar-refractivity contribution is 7.91. The standard InChI is InChI=1S/C11H17F3O5S/c1-18-9(15)6-10(2-3-10)8-20(16,17)5-4-19-7-11(12,13)14/h2-8H2,1H3. The maximum atomic E-state index is 11.8. The first-order valence-electron chi connectivity index (χ1n) is 5.99. The summed E-state index contributed by atoms with van der Waals surface area (Å²) >= 11 is 0. The highest BCUT2D eigenvalue weighted by Crippen LogP contribution is 2.50. The molecule has 0 aromatic carbocycles. The molecule has 0 aromatic rings. The molecule has 20 heavy (non-hydrogen) atoms. The van der Waals surface area contributed by atoms with Crippen LogP contribution in [-0.2, 0) is 24.1 Å². The fourth-order valence-electron chi connectivity index (χ4n) is 1.84. The summed E-state index contributed by atoms with van der Waals surface area (Å²) in [5.74, 6) is -1.18. The molecule has 1 aliphatic carbocycles. The number of carbonyl (C=O) groups is 1. The van der Waals surface area contributed by atoms with Gasteiger partial charge in [-0.25, -0.2) is 8.42 Å². The van der Waals surface area contributed by atoms with Gasteiger partial charge in [-0.1, -0.05) is 0 Å². The van der Waals surface area contributed by atoms with E-state index in [4.69, 9.17) is 0 Å². The number of sulfone groups is 1. The molecule has 0 amide bonds. The van der Waals surface area contributed by atoms with Crippen molar-refractivity contribution >= 4 is 15.8 Å². The van der Waals surface area contributed by atoms with Crippen LogP contribution in [0.2, 0.25) is 0 Å². The fourth-order valence-corrected chi connectivity index (χ4v) is 3.68. The molecule has 1 aliphatic rings. The molecule has 5 nitrogen and oxygen atoms in total. The lowest BCUT2D eigenvalue weighted by Gasteiger charge is -2.14. The van der Waals surface area contributed by atoms with Gasteiger partial charge in [-0.2, -0.15) is 13.2 Å². The number of esters is 1. The Labute approximate surface area is 115 Å². The van der Waals surface area contributed by atoms with E-state index in [1.807, 2.05) is 0 Å².